The van der Waals surface area contributed by atoms with Gasteiger partial charge in [-0.25, -0.2) is 4.98 Å². The molecular weight excluding hydrogens is 270 g/mol. The number of fused-ring (bicyclic) bond motifs is 1. The van der Waals surface area contributed by atoms with Crippen molar-refractivity contribution in [3.63, 3.8) is 0 Å². The van der Waals surface area contributed by atoms with E-state index in [1.54, 1.807) is 12.3 Å². The lowest BCUT2D eigenvalue weighted by Crippen LogP contribution is -1.85. The van der Waals surface area contributed by atoms with Crippen LogP contribution in [0.2, 0.25) is 5.02 Å². The van der Waals surface area contributed by atoms with Crippen LogP contribution in [0.1, 0.15) is 16.8 Å². The van der Waals surface area contributed by atoms with Crippen LogP contribution in [0.4, 0.5) is 0 Å². The molecule has 0 spiro atoms. The molecular formula is C16H8ClN3. The number of benzene rings is 1. The van der Waals surface area contributed by atoms with Crippen LogP contribution >= 0.6 is 11.6 Å². The molecule has 0 radical (unpaired) electrons. The van der Waals surface area contributed by atoms with Gasteiger partial charge in [0.25, 0.3) is 0 Å². The van der Waals surface area contributed by atoms with Crippen LogP contribution in [0.5, 0.6) is 0 Å². The lowest BCUT2D eigenvalue weighted by molar-refractivity contribution is 1.25. The van der Waals surface area contributed by atoms with Gasteiger partial charge < -0.3 is 4.98 Å². The Balaban J connectivity index is 2.00. The first-order valence-corrected chi connectivity index (χ1v) is 6.29. The van der Waals surface area contributed by atoms with Crippen molar-refractivity contribution in [2.75, 3.05) is 0 Å². The standard InChI is InChI=1S/C16H8ClN3/c17-14-7-11(9-19-16(14)8-18)5-6-12-10-20-15-4-2-1-3-13(12)15/h1-4,7,9-10,20H. The van der Waals surface area contributed by atoms with E-state index in [1.165, 1.54) is 0 Å². The minimum absolute atomic E-state index is 0.212. The summed E-state index contributed by atoms with van der Waals surface area (Å²) in [5.74, 6) is 6.09. The van der Waals surface area contributed by atoms with Crippen molar-refractivity contribution < 1.29 is 0 Å². The van der Waals surface area contributed by atoms with Crippen LogP contribution in [-0.4, -0.2) is 9.97 Å². The summed E-state index contributed by atoms with van der Waals surface area (Å²) in [4.78, 5) is 7.12. The third-order valence-electron chi connectivity index (χ3n) is 2.88. The van der Waals surface area contributed by atoms with E-state index < -0.39 is 0 Å². The van der Waals surface area contributed by atoms with Crippen molar-refractivity contribution in [3.05, 3.63) is 64.6 Å². The number of halogens is 1. The van der Waals surface area contributed by atoms with Gasteiger partial charge in [0.1, 0.15) is 6.07 Å². The minimum Gasteiger partial charge on any atom is -0.360 e. The largest absolute Gasteiger partial charge is 0.360 e. The molecule has 3 nitrogen and oxygen atoms in total. The summed E-state index contributed by atoms with van der Waals surface area (Å²) in [6, 6.07) is 11.5. The quantitative estimate of drug-likeness (QED) is 0.640. The average molecular weight is 278 g/mol. The highest BCUT2D eigenvalue weighted by atomic mass is 35.5. The fraction of sp³-hybridized carbons (Fsp3) is 0. The number of para-hydroxylation sites is 1. The van der Waals surface area contributed by atoms with Crippen molar-refractivity contribution in [3.8, 4) is 17.9 Å². The second-order valence-electron chi connectivity index (χ2n) is 4.16. The Bertz CT molecular complexity index is 891. The van der Waals surface area contributed by atoms with Crippen molar-refractivity contribution in [2.45, 2.75) is 0 Å². The van der Waals surface area contributed by atoms with Gasteiger partial charge in [0.15, 0.2) is 5.69 Å². The number of aromatic amines is 1. The number of nitriles is 1. The molecule has 4 heteroatoms. The molecule has 0 saturated heterocycles. The fourth-order valence-corrected chi connectivity index (χ4v) is 2.11. The van der Waals surface area contributed by atoms with E-state index in [1.807, 2.05) is 36.5 Å². The first-order valence-electron chi connectivity index (χ1n) is 5.92. The molecule has 2 heterocycles. The van der Waals surface area contributed by atoms with Gasteiger partial charge in [-0.15, -0.1) is 0 Å². The van der Waals surface area contributed by atoms with Crippen LogP contribution in [0.3, 0.4) is 0 Å². The van der Waals surface area contributed by atoms with E-state index >= 15 is 0 Å². The van der Waals surface area contributed by atoms with E-state index in [9.17, 15) is 0 Å². The topological polar surface area (TPSA) is 52.5 Å². The third-order valence-corrected chi connectivity index (χ3v) is 3.17. The maximum atomic E-state index is 8.77. The third kappa shape index (κ3) is 2.23. The SMILES string of the molecule is N#Cc1ncc(C#Cc2c[nH]c3ccccc23)cc1Cl. The van der Waals surface area contributed by atoms with Gasteiger partial charge in [-0.3, -0.25) is 0 Å². The van der Waals surface area contributed by atoms with Gasteiger partial charge in [0.2, 0.25) is 0 Å². The van der Waals surface area contributed by atoms with Crippen LogP contribution in [0.15, 0.2) is 42.7 Å². The summed E-state index contributed by atoms with van der Waals surface area (Å²) in [6.07, 6.45) is 3.42. The molecule has 2 aromatic heterocycles. The number of rotatable bonds is 0. The Morgan fingerprint density at radius 2 is 2.05 bits per heavy atom. The van der Waals surface area contributed by atoms with E-state index in [4.69, 9.17) is 16.9 Å². The molecule has 0 saturated carbocycles. The van der Waals surface area contributed by atoms with Gasteiger partial charge in [0.05, 0.1) is 10.6 Å². The fourth-order valence-electron chi connectivity index (χ4n) is 1.90. The maximum Gasteiger partial charge on any atom is 0.159 e. The zero-order chi connectivity index (χ0) is 13.9. The first kappa shape index (κ1) is 12.3. The number of hydrogen-bond acceptors (Lipinski definition) is 2. The number of pyridine rings is 1. The molecule has 0 unspecified atom stereocenters. The number of hydrogen-bond donors (Lipinski definition) is 1. The molecule has 0 aliphatic carbocycles. The summed E-state index contributed by atoms with van der Waals surface area (Å²) in [5, 5.41) is 10.2. The van der Waals surface area contributed by atoms with Crippen LogP contribution in [-0.2, 0) is 0 Å². The summed E-state index contributed by atoms with van der Waals surface area (Å²) < 4.78 is 0. The Morgan fingerprint density at radius 1 is 1.20 bits per heavy atom. The number of aromatic nitrogens is 2. The molecule has 0 bridgehead atoms. The minimum atomic E-state index is 0.212. The lowest BCUT2D eigenvalue weighted by Gasteiger charge is -1.94. The summed E-state index contributed by atoms with van der Waals surface area (Å²) in [5.41, 5.74) is 2.86. The van der Waals surface area contributed by atoms with Gasteiger partial charge in [0, 0.05) is 28.9 Å². The molecule has 94 valence electrons. The highest BCUT2D eigenvalue weighted by molar-refractivity contribution is 6.31. The Kier molecular flexibility index (Phi) is 3.13. The highest BCUT2D eigenvalue weighted by Gasteiger charge is 2.01. The summed E-state index contributed by atoms with van der Waals surface area (Å²) in [6.45, 7) is 0. The zero-order valence-electron chi connectivity index (χ0n) is 10.3. The number of nitrogens with zero attached hydrogens (tertiary/aromatic N) is 2. The van der Waals surface area contributed by atoms with Gasteiger partial charge in [-0.05, 0) is 12.1 Å². The molecule has 3 aromatic rings. The van der Waals surface area contributed by atoms with Crippen LogP contribution in [0.25, 0.3) is 10.9 Å². The smallest absolute Gasteiger partial charge is 0.159 e. The average Bonchev–Trinajstić information content (AvgIpc) is 2.88. The van der Waals surface area contributed by atoms with Crippen molar-refractivity contribution in [1.82, 2.24) is 9.97 Å². The Hall–Kier alpha value is -2.75. The van der Waals surface area contributed by atoms with E-state index in [0.29, 0.717) is 10.6 Å². The van der Waals surface area contributed by atoms with E-state index in [2.05, 4.69) is 21.8 Å². The highest BCUT2D eigenvalue weighted by Crippen LogP contribution is 2.17. The zero-order valence-corrected chi connectivity index (χ0v) is 11.1. The summed E-state index contributed by atoms with van der Waals surface area (Å²) in [7, 11) is 0. The molecule has 20 heavy (non-hydrogen) atoms. The van der Waals surface area contributed by atoms with Gasteiger partial charge in [-0.2, -0.15) is 5.26 Å². The van der Waals surface area contributed by atoms with Crippen LogP contribution in [0, 0.1) is 23.2 Å². The van der Waals surface area contributed by atoms with Crippen molar-refractivity contribution in [1.29, 1.82) is 5.26 Å². The lowest BCUT2D eigenvalue weighted by atomic mass is 10.1. The molecule has 0 atom stereocenters. The predicted molar refractivity (Wildman–Crippen MR) is 78.2 cm³/mol. The number of H-pyrrole nitrogens is 1. The molecule has 3 rings (SSSR count). The molecule has 0 fully saturated rings. The van der Waals surface area contributed by atoms with E-state index in [-0.39, 0.29) is 5.69 Å². The first-order chi connectivity index (χ1) is 9.78. The predicted octanol–water partition coefficient (Wildman–Crippen LogP) is 3.49. The molecule has 0 aliphatic rings. The monoisotopic (exact) mass is 277 g/mol. The summed E-state index contributed by atoms with van der Waals surface area (Å²) >= 11 is 5.93. The molecule has 1 N–H and O–H groups in total. The van der Waals surface area contributed by atoms with Crippen molar-refractivity contribution in [2.24, 2.45) is 0 Å². The van der Waals surface area contributed by atoms with Crippen molar-refractivity contribution >= 4 is 22.5 Å². The molecule has 0 aliphatic heterocycles. The van der Waals surface area contributed by atoms with E-state index in [0.717, 1.165) is 16.5 Å². The van der Waals surface area contributed by atoms with Gasteiger partial charge in [-0.1, -0.05) is 41.6 Å². The Morgan fingerprint density at radius 3 is 2.85 bits per heavy atom. The molecule has 1 aromatic carbocycles. The molecule has 0 amide bonds. The van der Waals surface area contributed by atoms with Gasteiger partial charge >= 0.3 is 0 Å². The number of nitrogens with one attached hydrogen (secondary N) is 1. The second-order valence-corrected chi connectivity index (χ2v) is 4.57. The normalized spacial score (nSPS) is 9.80. The van der Waals surface area contributed by atoms with Crippen LogP contribution < -0.4 is 0 Å². The maximum absolute atomic E-state index is 8.77. The Labute approximate surface area is 120 Å². The second kappa shape index (κ2) is 5.09.